The summed E-state index contributed by atoms with van der Waals surface area (Å²) in [4.78, 5) is 24.6. The molecule has 3 N–H and O–H groups in total. The van der Waals surface area contributed by atoms with Crippen LogP contribution in [-0.4, -0.2) is 9.55 Å². The van der Waals surface area contributed by atoms with E-state index in [0.29, 0.717) is 17.9 Å². The average molecular weight is 209 g/mol. The molecule has 2 rings (SSSR count). The smallest absolute Gasteiger partial charge is 0.328 e. The van der Waals surface area contributed by atoms with Gasteiger partial charge in [0.05, 0.1) is 0 Å². The molecule has 1 saturated carbocycles. The van der Waals surface area contributed by atoms with Gasteiger partial charge in [0, 0.05) is 12.7 Å². The van der Waals surface area contributed by atoms with Crippen molar-refractivity contribution in [1.29, 1.82) is 0 Å². The first-order valence-corrected chi connectivity index (χ1v) is 4.99. The highest BCUT2D eigenvalue weighted by Crippen LogP contribution is 2.52. The average Bonchev–Trinajstić information content (AvgIpc) is 2.70. The van der Waals surface area contributed by atoms with Crippen molar-refractivity contribution in [2.24, 2.45) is 11.3 Å². The van der Waals surface area contributed by atoms with Crippen molar-refractivity contribution in [1.82, 2.24) is 9.55 Å². The van der Waals surface area contributed by atoms with Crippen LogP contribution in [0.1, 0.15) is 20.3 Å². The molecule has 0 saturated heterocycles. The zero-order valence-corrected chi connectivity index (χ0v) is 8.91. The van der Waals surface area contributed by atoms with E-state index in [-0.39, 0.29) is 11.4 Å². The maximum atomic E-state index is 11.4. The first-order valence-electron chi connectivity index (χ1n) is 4.99. The van der Waals surface area contributed by atoms with Gasteiger partial charge in [-0.15, -0.1) is 0 Å². The fourth-order valence-corrected chi connectivity index (χ4v) is 1.79. The molecule has 82 valence electrons. The summed E-state index contributed by atoms with van der Waals surface area (Å²) in [5, 5.41) is 0. The molecule has 5 heteroatoms. The number of nitrogens with zero attached hydrogens (tertiary/aromatic N) is 1. The second kappa shape index (κ2) is 2.98. The minimum Gasteiger partial charge on any atom is -0.393 e. The number of aromatic amines is 1. The number of hydrogen-bond donors (Lipinski definition) is 2. The molecule has 5 nitrogen and oxygen atoms in total. The highest BCUT2D eigenvalue weighted by molar-refractivity contribution is 5.30. The molecule has 15 heavy (non-hydrogen) atoms. The monoisotopic (exact) mass is 209 g/mol. The number of nitrogens with one attached hydrogen (secondary N) is 1. The molecule has 0 aliphatic heterocycles. The van der Waals surface area contributed by atoms with E-state index in [1.807, 2.05) is 0 Å². The van der Waals surface area contributed by atoms with E-state index in [4.69, 9.17) is 5.73 Å². The Morgan fingerprint density at radius 3 is 2.73 bits per heavy atom. The van der Waals surface area contributed by atoms with Gasteiger partial charge in [0.1, 0.15) is 5.69 Å². The summed E-state index contributed by atoms with van der Waals surface area (Å²) in [5.74, 6) is 0.500. The first-order chi connectivity index (χ1) is 6.90. The molecular weight excluding hydrogens is 194 g/mol. The SMILES string of the molecule is CC1(C)CC1Cn1cc(N)c(=O)[nH]c1=O. The fourth-order valence-electron chi connectivity index (χ4n) is 1.79. The molecule has 1 fully saturated rings. The van der Waals surface area contributed by atoms with Crippen LogP contribution >= 0.6 is 0 Å². The van der Waals surface area contributed by atoms with Crippen LogP contribution < -0.4 is 17.0 Å². The van der Waals surface area contributed by atoms with E-state index in [1.165, 1.54) is 10.8 Å². The largest absolute Gasteiger partial charge is 0.393 e. The summed E-state index contributed by atoms with van der Waals surface area (Å²) >= 11 is 0. The summed E-state index contributed by atoms with van der Waals surface area (Å²) in [5.41, 5.74) is 4.96. The lowest BCUT2D eigenvalue weighted by Gasteiger charge is -2.06. The molecule has 1 aromatic rings. The molecule has 1 aliphatic carbocycles. The number of anilines is 1. The number of aromatic nitrogens is 2. The van der Waals surface area contributed by atoms with Gasteiger partial charge in [0.2, 0.25) is 0 Å². The highest BCUT2D eigenvalue weighted by Gasteiger charge is 2.45. The predicted octanol–water partition coefficient (Wildman–Crippen LogP) is 0.165. The second-order valence-electron chi connectivity index (χ2n) is 4.89. The van der Waals surface area contributed by atoms with E-state index >= 15 is 0 Å². The molecule has 0 aromatic carbocycles. The van der Waals surface area contributed by atoms with Crippen molar-refractivity contribution in [2.75, 3.05) is 5.73 Å². The fraction of sp³-hybridized carbons (Fsp3) is 0.600. The van der Waals surface area contributed by atoms with Gasteiger partial charge in [-0.3, -0.25) is 14.3 Å². The van der Waals surface area contributed by atoms with Crippen LogP contribution in [0.25, 0.3) is 0 Å². The van der Waals surface area contributed by atoms with Crippen LogP contribution in [0.15, 0.2) is 15.8 Å². The van der Waals surface area contributed by atoms with Gasteiger partial charge < -0.3 is 5.73 Å². The molecule has 1 atom stereocenters. The lowest BCUT2D eigenvalue weighted by molar-refractivity contribution is 0.486. The van der Waals surface area contributed by atoms with Crippen LogP contribution in [0, 0.1) is 11.3 Å². The maximum Gasteiger partial charge on any atom is 0.328 e. The molecule has 1 heterocycles. The molecule has 0 radical (unpaired) electrons. The Labute approximate surface area is 86.9 Å². The van der Waals surface area contributed by atoms with E-state index in [2.05, 4.69) is 18.8 Å². The lowest BCUT2D eigenvalue weighted by Crippen LogP contribution is -2.31. The van der Waals surface area contributed by atoms with Crippen molar-refractivity contribution in [2.45, 2.75) is 26.8 Å². The van der Waals surface area contributed by atoms with E-state index in [1.54, 1.807) is 0 Å². The zero-order chi connectivity index (χ0) is 11.2. The molecular formula is C10H15N3O2. The topological polar surface area (TPSA) is 80.9 Å². The van der Waals surface area contributed by atoms with Gasteiger partial charge >= 0.3 is 5.69 Å². The van der Waals surface area contributed by atoms with Crippen LogP contribution in [0.2, 0.25) is 0 Å². The normalized spacial score (nSPS) is 22.7. The second-order valence-corrected chi connectivity index (χ2v) is 4.89. The Morgan fingerprint density at radius 2 is 2.20 bits per heavy atom. The summed E-state index contributed by atoms with van der Waals surface area (Å²) in [6.07, 6.45) is 2.54. The molecule has 1 aromatic heterocycles. The Kier molecular flexibility index (Phi) is 1.99. The summed E-state index contributed by atoms with van der Waals surface area (Å²) in [7, 11) is 0. The molecule has 1 aliphatic rings. The Morgan fingerprint density at radius 1 is 1.60 bits per heavy atom. The number of hydrogen-bond acceptors (Lipinski definition) is 3. The summed E-state index contributed by atoms with van der Waals surface area (Å²) in [6.45, 7) is 4.96. The Bertz CT molecular complexity index is 498. The van der Waals surface area contributed by atoms with E-state index < -0.39 is 5.56 Å². The van der Waals surface area contributed by atoms with Crippen LogP contribution in [0.4, 0.5) is 5.69 Å². The quantitative estimate of drug-likeness (QED) is 0.728. The summed E-state index contributed by atoms with van der Waals surface area (Å²) < 4.78 is 1.48. The van der Waals surface area contributed by atoms with Crippen molar-refractivity contribution in [3.63, 3.8) is 0 Å². The molecule has 0 bridgehead atoms. The van der Waals surface area contributed by atoms with E-state index in [9.17, 15) is 9.59 Å². The third kappa shape index (κ3) is 1.82. The Hall–Kier alpha value is -1.52. The minimum atomic E-state index is -0.508. The van der Waals surface area contributed by atoms with Crippen molar-refractivity contribution < 1.29 is 0 Å². The van der Waals surface area contributed by atoms with Gasteiger partial charge in [-0.25, -0.2) is 4.79 Å². The van der Waals surface area contributed by atoms with E-state index in [0.717, 1.165) is 6.42 Å². The van der Waals surface area contributed by atoms with Gasteiger partial charge in [0.25, 0.3) is 5.56 Å². The summed E-state index contributed by atoms with van der Waals surface area (Å²) in [6, 6.07) is 0. The van der Waals surface area contributed by atoms with Crippen LogP contribution in [0.5, 0.6) is 0 Å². The van der Waals surface area contributed by atoms with Crippen LogP contribution in [-0.2, 0) is 6.54 Å². The third-order valence-electron chi connectivity index (χ3n) is 3.17. The van der Waals surface area contributed by atoms with Crippen molar-refractivity contribution >= 4 is 5.69 Å². The zero-order valence-electron chi connectivity index (χ0n) is 8.91. The first kappa shape index (κ1) is 10.0. The van der Waals surface area contributed by atoms with Gasteiger partial charge in [-0.2, -0.15) is 0 Å². The highest BCUT2D eigenvalue weighted by atomic mass is 16.2. The number of rotatable bonds is 2. The maximum absolute atomic E-state index is 11.4. The van der Waals surface area contributed by atoms with Gasteiger partial charge in [0.15, 0.2) is 0 Å². The van der Waals surface area contributed by atoms with Crippen molar-refractivity contribution in [3.05, 3.63) is 27.0 Å². The van der Waals surface area contributed by atoms with Gasteiger partial charge in [-0.1, -0.05) is 13.8 Å². The third-order valence-corrected chi connectivity index (χ3v) is 3.17. The van der Waals surface area contributed by atoms with Crippen molar-refractivity contribution in [3.8, 4) is 0 Å². The standard InChI is InChI=1S/C10H15N3O2/c1-10(2)3-6(10)4-13-5-7(11)8(14)12-9(13)15/h5-6H,3-4,11H2,1-2H3,(H,12,14,15). The number of nitrogen functional groups attached to an aromatic ring is 1. The van der Waals surface area contributed by atoms with Gasteiger partial charge in [-0.05, 0) is 17.8 Å². The number of nitrogens with two attached hydrogens (primary N) is 1. The van der Waals surface area contributed by atoms with Crippen LogP contribution in [0.3, 0.4) is 0 Å². The molecule has 0 spiro atoms. The molecule has 0 amide bonds. The lowest BCUT2D eigenvalue weighted by atomic mass is 10.1. The minimum absolute atomic E-state index is 0.0908. The predicted molar refractivity (Wildman–Crippen MR) is 57.6 cm³/mol. The molecule has 1 unspecified atom stereocenters. The Balaban J connectivity index is 2.27. The number of H-pyrrole nitrogens is 1.